The summed E-state index contributed by atoms with van der Waals surface area (Å²) in [5.41, 5.74) is 9.90. The van der Waals surface area contributed by atoms with Crippen LogP contribution in [0.15, 0.2) is 65.3 Å². The molecule has 6 heteroatoms. The lowest BCUT2D eigenvalue weighted by molar-refractivity contribution is 0.475. The molecule has 0 unspecified atom stereocenters. The van der Waals surface area contributed by atoms with E-state index < -0.39 is 0 Å². The lowest BCUT2D eigenvalue weighted by atomic mass is 10.0. The number of rotatable bonds is 2. The van der Waals surface area contributed by atoms with Gasteiger partial charge in [0.2, 0.25) is 5.95 Å². The normalized spacial score (nSPS) is 10.9. The zero-order valence-corrected chi connectivity index (χ0v) is 14.6. The predicted octanol–water partition coefficient (Wildman–Crippen LogP) is 4.41. The van der Waals surface area contributed by atoms with Crippen molar-refractivity contribution in [2.45, 2.75) is 0 Å². The maximum Gasteiger partial charge on any atom is 0.222 e. The molecule has 2 aromatic carbocycles. The summed E-state index contributed by atoms with van der Waals surface area (Å²) in [5, 5.41) is 10.3. The van der Waals surface area contributed by atoms with Crippen molar-refractivity contribution in [2.24, 2.45) is 0 Å². The van der Waals surface area contributed by atoms with Crippen molar-refractivity contribution in [1.29, 1.82) is 0 Å². The molecule has 122 valence electrons. The first kappa shape index (κ1) is 15.5. The van der Waals surface area contributed by atoms with Gasteiger partial charge in [-0.2, -0.15) is 4.98 Å². The van der Waals surface area contributed by atoms with Gasteiger partial charge in [0.1, 0.15) is 5.75 Å². The molecule has 0 spiro atoms. The van der Waals surface area contributed by atoms with E-state index in [9.17, 15) is 5.11 Å². The summed E-state index contributed by atoms with van der Waals surface area (Å²) in [5.74, 6) is 0.395. The van der Waals surface area contributed by atoms with Crippen molar-refractivity contribution < 1.29 is 5.11 Å². The molecule has 0 radical (unpaired) electrons. The summed E-state index contributed by atoms with van der Waals surface area (Å²) in [4.78, 5) is 13.0. The highest BCUT2D eigenvalue weighted by Gasteiger charge is 2.12. The third-order valence-electron chi connectivity index (χ3n) is 3.88. The van der Waals surface area contributed by atoms with E-state index in [2.05, 4.69) is 30.9 Å². The summed E-state index contributed by atoms with van der Waals surface area (Å²) in [6.45, 7) is 0. The van der Waals surface area contributed by atoms with Gasteiger partial charge in [-0.1, -0.05) is 28.1 Å². The summed E-state index contributed by atoms with van der Waals surface area (Å²) < 4.78 is 0.984. The van der Waals surface area contributed by atoms with Gasteiger partial charge in [0.25, 0.3) is 0 Å². The fraction of sp³-hybridized carbons (Fsp3) is 0. The average Bonchev–Trinajstić information content (AvgIpc) is 2.61. The van der Waals surface area contributed by atoms with Crippen LogP contribution >= 0.6 is 15.9 Å². The fourth-order valence-corrected chi connectivity index (χ4v) is 3.10. The minimum Gasteiger partial charge on any atom is -0.508 e. The van der Waals surface area contributed by atoms with Crippen LogP contribution in [0.1, 0.15) is 0 Å². The molecule has 0 atom stereocenters. The Hall–Kier alpha value is -2.99. The molecule has 0 saturated heterocycles. The van der Waals surface area contributed by atoms with Gasteiger partial charge in [0, 0.05) is 21.6 Å². The van der Waals surface area contributed by atoms with E-state index in [-0.39, 0.29) is 11.7 Å². The van der Waals surface area contributed by atoms with Crippen molar-refractivity contribution in [3.8, 4) is 28.1 Å². The lowest BCUT2D eigenvalue weighted by Gasteiger charge is -2.10. The van der Waals surface area contributed by atoms with E-state index in [1.807, 2.05) is 42.5 Å². The number of aromatic hydroxyl groups is 1. The molecule has 0 aliphatic rings. The highest BCUT2D eigenvalue weighted by Crippen LogP contribution is 2.32. The van der Waals surface area contributed by atoms with Crippen LogP contribution in [-0.2, 0) is 0 Å². The van der Waals surface area contributed by atoms with Crippen molar-refractivity contribution >= 4 is 32.9 Å². The van der Waals surface area contributed by atoms with E-state index in [1.165, 1.54) is 0 Å². The molecular weight excluding hydrogens is 380 g/mol. The molecule has 5 nitrogen and oxygen atoms in total. The number of hydrogen-bond acceptors (Lipinski definition) is 5. The van der Waals surface area contributed by atoms with Crippen LogP contribution in [0.4, 0.5) is 5.95 Å². The van der Waals surface area contributed by atoms with E-state index >= 15 is 0 Å². The van der Waals surface area contributed by atoms with Gasteiger partial charge in [-0.3, -0.25) is 0 Å². The second-order valence-electron chi connectivity index (χ2n) is 5.58. The molecular formula is C19H13BrN4O. The zero-order valence-electron chi connectivity index (χ0n) is 13.0. The van der Waals surface area contributed by atoms with Crippen LogP contribution in [0, 0.1) is 0 Å². The summed E-state index contributed by atoms with van der Waals surface area (Å²) in [6, 6.07) is 16.9. The Labute approximate surface area is 152 Å². The van der Waals surface area contributed by atoms with E-state index in [0.29, 0.717) is 5.65 Å². The van der Waals surface area contributed by atoms with Crippen LogP contribution in [0.5, 0.6) is 5.75 Å². The Morgan fingerprint density at radius 3 is 2.48 bits per heavy atom. The van der Waals surface area contributed by atoms with Gasteiger partial charge in [0.05, 0.1) is 5.69 Å². The average molecular weight is 393 g/mol. The van der Waals surface area contributed by atoms with Gasteiger partial charge in [-0.25, -0.2) is 9.97 Å². The van der Waals surface area contributed by atoms with Crippen molar-refractivity contribution in [2.75, 3.05) is 5.73 Å². The fourth-order valence-electron chi connectivity index (χ4n) is 2.70. The maximum absolute atomic E-state index is 9.51. The Morgan fingerprint density at radius 2 is 1.72 bits per heavy atom. The van der Waals surface area contributed by atoms with Gasteiger partial charge in [-0.05, 0) is 53.6 Å². The number of fused-ring (bicyclic) bond motifs is 1. The number of aromatic nitrogens is 3. The number of nitrogens with zero attached hydrogens (tertiary/aromatic N) is 3. The van der Waals surface area contributed by atoms with Gasteiger partial charge in [0.15, 0.2) is 5.65 Å². The number of halogens is 1. The third-order valence-corrected chi connectivity index (χ3v) is 4.38. The predicted molar refractivity (Wildman–Crippen MR) is 102 cm³/mol. The number of benzene rings is 2. The smallest absolute Gasteiger partial charge is 0.222 e. The SMILES string of the molecule is Nc1ncc2c(-c3cccc(Br)c3)cc(-c3ccc(O)cc3)nc2n1. The molecule has 3 N–H and O–H groups in total. The Balaban J connectivity index is 2.01. The monoisotopic (exact) mass is 392 g/mol. The molecule has 0 fully saturated rings. The first-order valence-electron chi connectivity index (χ1n) is 7.59. The number of nitrogen functional groups attached to an aromatic ring is 1. The quantitative estimate of drug-likeness (QED) is 0.527. The molecule has 0 aliphatic heterocycles. The second-order valence-corrected chi connectivity index (χ2v) is 6.49. The number of hydrogen-bond donors (Lipinski definition) is 2. The van der Waals surface area contributed by atoms with Crippen molar-refractivity contribution in [1.82, 2.24) is 15.0 Å². The minimum absolute atomic E-state index is 0.183. The zero-order chi connectivity index (χ0) is 17.4. The molecule has 2 heterocycles. The Bertz CT molecular complexity index is 1080. The first-order valence-corrected chi connectivity index (χ1v) is 8.38. The number of phenolic OH excluding ortho intramolecular Hbond substituents is 1. The van der Waals surface area contributed by atoms with E-state index in [0.717, 1.165) is 32.2 Å². The van der Waals surface area contributed by atoms with Gasteiger partial charge >= 0.3 is 0 Å². The molecule has 0 bridgehead atoms. The van der Waals surface area contributed by atoms with Crippen LogP contribution in [0.2, 0.25) is 0 Å². The summed E-state index contributed by atoms with van der Waals surface area (Å²) >= 11 is 3.51. The van der Waals surface area contributed by atoms with Gasteiger partial charge in [-0.15, -0.1) is 0 Å². The third kappa shape index (κ3) is 3.04. The highest BCUT2D eigenvalue weighted by molar-refractivity contribution is 9.10. The molecule has 25 heavy (non-hydrogen) atoms. The van der Waals surface area contributed by atoms with Gasteiger partial charge < -0.3 is 10.8 Å². The van der Waals surface area contributed by atoms with Crippen LogP contribution in [0.25, 0.3) is 33.4 Å². The topological polar surface area (TPSA) is 84.9 Å². The molecule has 4 rings (SSSR count). The van der Waals surface area contributed by atoms with Crippen molar-refractivity contribution in [3.63, 3.8) is 0 Å². The lowest BCUT2D eigenvalue weighted by Crippen LogP contribution is -1.98. The molecule has 0 saturated carbocycles. The Kier molecular flexibility index (Phi) is 3.82. The van der Waals surface area contributed by atoms with Crippen LogP contribution in [-0.4, -0.2) is 20.1 Å². The number of pyridine rings is 1. The largest absolute Gasteiger partial charge is 0.508 e. The van der Waals surface area contributed by atoms with Crippen LogP contribution in [0.3, 0.4) is 0 Å². The summed E-state index contributed by atoms with van der Waals surface area (Å²) in [7, 11) is 0. The van der Waals surface area contributed by atoms with E-state index in [1.54, 1.807) is 18.3 Å². The first-order chi connectivity index (χ1) is 12.1. The van der Waals surface area contributed by atoms with Crippen molar-refractivity contribution in [3.05, 3.63) is 65.3 Å². The molecule has 4 aromatic rings. The molecule has 0 amide bonds. The van der Waals surface area contributed by atoms with E-state index in [4.69, 9.17) is 5.73 Å². The van der Waals surface area contributed by atoms with Crippen LogP contribution < -0.4 is 5.73 Å². The number of anilines is 1. The minimum atomic E-state index is 0.183. The highest BCUT2D eigenvalue weighted by atomic mass is 79.9. The number of nitrogens with two attached hydrogens (primary N) is 1. The second kappa shape index (κ2) is 6.14. The standard InChI is InChI=1S/C19H13BrN4O/c20-13-3-1-2-12(8-13)15-9-17(11-4-6-14(25)7-5-11)23-18-16(15)10-22-19(21)24-18/h1-10,25H,(H2,21,22,23,24). The Morgan fingerprint density at radius 1 is 0.920 bits per heavy atom. The maximum atomic E-state index is 9.51. The number of phenols is 1. The summed E-state index contributed by atoms with van der Waals surface area (Å²) in [6.07, 6.45) is 1.70. The molecule has 0 aliphatic carbocycles. The molecule has 2 aromatic heterocycles.